The first-order valence-electron chi connectivity index (χ1n) is 11.8. The van der Waals surface area contributed by atoms with Crippen molar-refractivity contribution >= 4 is 28.7 Å². The van der Waals surface area contributed by atoms with Gasteiger partial charge >= 0.3 is 6.18 Å². The Labute approximate surface area is 218 Å². The average molecular weight is 536 g/mol. The molecule has 5 aromatic rings. The van der Waals surface area contributed by atoms with Gasteiger partial charge in [0.25, 0.3) is 5.56 Å². The van der Waals surface area contributed by atoms with Crippen LogP contribution in [0.15, 0.2) is 76.9 Å². The van der Waals surface area contributed by atoms with Crippen LogP contribution in [0.4, 0.5) is 19.1 Å². The summed E-state index contributed by atoms with van der Waals surface area (Å²) in [4.78, 5) is 28.1. The standard InChI is InChI=1S/C26H20F3N7OS/c27-26(28,29)17-6-7-21-22(12-17)33-24(32-21)35-11-9-20-19(14-35)23(37)36(18-4-2-1-3-5-18)25(34-20)38-15-16-8-10-30-31-13-16/h1-8,10,12-13H,9,11,14-15H2,(H,32,33). The largest absolute Gasteiger partial charge is 0.416 e. The summed E-state index contributed by atoms with van der Waals surface area (Å²) in [5.41, 5.74) is 2.69. The molecule has 0 aliphatic carbocycles. The Balaban J connectivity index is 1.36. The zero-order valence-corrected chi connectivity index (χ0v) is 20.6. The number of hydrogen-bond donors (Lipinski definition) is 1. The molecule has 8 nitrogen and oxygen atoms in total. The molecule has 0 saturated heterocycles. The van der Waals surface area contributed by atoms with E-state index in [4.69, 9.17) is 4.98 Å². The third-order valence-corrected chi connectivity index (χ3v) is 7.33. The molecule has 192 valence electrons. The van der Waals surface area contributed by atoms with Gasteiger partial charge in [0, 0.05) is 24.9 Å². The van der Waals surface area contributed by atoms with Crippen LogP contribution in [0.1, 0.15) is 22.4 Å². The SMILES string of the molecule is O=c1c2c(nc(SCc3ccnnc3)n1-c1ccccc1)CCN(c1nc3ccc(C(F)(F)F)cc3[nH]1)C2. The van der Waals surface area contributed by atoms with Crippen molar-refractivity contribution in [3.05, 3.63) is 99.7 Å². The first-order valence-corrected chi connectivity index (χ1v) is 12.8. The smallest absolute Gasteiger partial charge is 0.337 e. The predicted octanol–water partition coefficient (Wildman–Crippen LogP) is 4.77. The van der Waals surface area contributed by atoms with Crippen molar-refractivity contribution in [1.29, 1.82) is 0 Å². The van der Waals surface area contributed by atoms with E-state index in [0.29, 0.717) is 52.3 Å². The zero-order valence-electron chi connectivity index (χ0n) is 19.8. The Morgan fingerprint density at radius 3 is 2.63 bits per heavy atom. The van der Waals surface area contributed by atoms with Crippen molar-refractivity contribution in [1.82, 2.24) is 29.7 Å². The Bertz CT molecular complexity index is 1670. The fraction of sp³-hybridized carbons (Fsp3) is 0.192. The zero-order chi connectivity index (χ0) is 26.3. The number of fused-ring (bicyclic) bond motifs is 2. The van der Waals surface area contributed by atoms with Gasteiger partial charge in [-0.1, -0.05) is 30.0 Å². The molecular formula is C26H20F3N7OS. The van der Waals surface area contributed by atoms with Crippen molar-refractivity contribution in [2.45, 2.75) is 30.1 Å². The quantitative estimate of drug-likeness (QED) is 0.256. The molecular weight excluding hydrogens is 515 g/mol. The van der Waals surface area contributed by atoms with E-state index in [2.05, 4.69) is 20.2 Å². The molecule has 0 saturated carbocycles. The number of thioether (sulfide) groups is 1. The lowest BCUT2D eigenvalue weighted by molar-refractivity contribution is -0.137. The number of hydrogen-bond acceptors (Lipinski definition) is 7. The normalized spacial score (nSPS) is 13.6. The monoisotopic (exact) mass is 535 g/mol. The van der Waals surface area contributed by atoms with Gasteiger partial charge in [-0.05, 0) is 42.0 Å². The molecule has 0 radical (unpaired) electrons. The van der Waals surface area contributed by atoms with E-state index < -0.39 is 11.7 Å². The van der Waals surface area contributed by atoms with Gasteiger partial charge in [-0.15, -0.1) is 0 Å². The van der Waals surface area contributed by atoms with Crippen LogP contribution in [0.25, 0.3) is 16.7 Å². The van der Waals surface area contributed by atoms with Gasteiger partial charge in [-0.25, -0.2) is 9.97 Å². The summed E-state index contributed by atoms with van der Waals surface area (Å²) in [6, 6.07) is 14.6. The van der Waals surface area contributed by atoms with Crippen LogP contribution in [0.2, 0.25) is 0 Å². The lowest BCUT2D eigenvalue weighted by atomic mass is 10.1. The second-order valence-electron chi connectivity index (χ2n) is 8.80. The molecule has 0 atom stereocenters. The topological polar surface area (TPSA) is 92.6 Å². The molecule has 6 rings (SSSR count). The molecule has 3 aromatic heterocycles. The third kappa shape index (κ3) is 4.62. The van der Waals surface area contributed by atoms with Gasteiger partial charge in [0.2, 0.25) is 5.95 Å². The Morgan fingerprint density at radius 1 is 1.03 bits per heavy atom. The molecule has 1 aliphatic heterocycles. The number of alkyl halides is 3. The molecule has 4 heterocycles. The number of aromatic amines is 1. The summed E-state index contributed by atoms with van der Waals surface area (Å²) in [6.07, 6.45) is -0.646. The number of anilines is 1. The minimum Gasteiger partial charge on any atom is -0.337 e. The van der Waals surface area contributed by atoms with E-state index in [-0.39, 0.29) is 17.6 Å². The fourth-order valence-electron chi connectivity index (χ4n) is 4.41. The maximum absolute atomic E-state index is 13.9. The van der Waals surface area contributed by atoms with Crippen molar-refractivity contribution in [2.24, 2.45) is 0 Å². The van der Waals surface area contributed by atoms with Crippen LogP contribution in [-0.4, -0.2) is 36.3 Å². The molecule has 0 amide bonds. The lowest BCUT2D eigenvalue weighted by Gasteiger charge is -2.28. The van der Waals surface area contributed by atoms with Crippen LogP contribution in [0.5, 0.6) is 0 Å². The van der Waals surface area contributed by atoms with Crippen molar-refractivity contribution in [3.8, 4) is 5.69 Å². The number of benzene rings is 2. The minimum absolute atomic E-state index is 0.184. The second-order valence-corrected chi connectivity index (χ2v) is 9.74. The molecule has 0 bridgehead atoms. The maximum atomic E-state index is 13.9. The molecule has 0 fully saturated rings. The fourth-order valence-corrected chi connectivity index (χ4v) is 5.37. The number of aromatic nitrogens is 6. The average Bonchev–Trinajstić information content (AvgIpc) is 3.36. The van der Waals surface area contributed by atoms with E-state index in [0.717, 1.165) is 17.7 Å². The van der Waals surface area contributed by atoms with Crippen molar-refractivity contribution in [3.63, 3.8) is 0 Å². The molecule has 1 aliphatic rings. The second kappa shape index (κ2) is 9.60. The highest BCUT2D eigenvalue weighted by Crippen LogP contribution is 2.32. The maximum Gasteiger partial charge on any atom is 0.416 e. The molecule has 0 spiro atoms. The van der Waals surface area contributed by atoms with Gasteiger partial charge in [0.15, 0.2) is 5.16 Å². The molecule has 0 unspecified atom stereocenters. The van der Waals surface area contributed by atoms with Crippen LogP contribution < -0.4 is 10.5 Å². The van der Waals surface area contributed by atoms with E-state index in [1.54, 1.807) is 17.0 Å². The van der Waals surface area contributed by atoms with E-state index in [9.17, 15) is 18.0 Å². The summed E-state index contributed by atoms with van der Waals surface area (Å²) >= 11 is 1.45. The summed E-state index contributed by atoms with van der Waals surface area (Å²) in [6.45, 7) is 0.748. The number of rotatable bonds is 5. The first kappa shape index (κ1) is 24.2. The molecule has 1 N–H and O–H groups in total. The van der Waals surface area contributed by atoms with Crippen LogP contribution in [0, 0.1) is 0 Å². The van der Waals surface area contributed by atoms with Gasteiger partial charge in [0.05, 0.1) is 46.3 Å². The number of imidazole rings is 1. The Morgan fingerprint density at radius 2 is 1.87 bits per heavy atom. The van der Waals surface area contributed by atoms with Crippen LogP contribution >= 0.6 is 11.8 Å². The van der Waals surface area contributed by atoms with E-state index >= 15 is 0 Å². The van der Waals surface area contributed by atoms with Crippen LogP contribution in [-0.2, 0) is 24.9 Å². The highest BCUT2D eigenvalue weighted by atomic mass is 32.2. The van der Waals surface area contributed by atoms with Crippen molar-refractivity contribution < 1.29 is 13.2 Å². The predicted molar refractivity (Wildman–Crippen MR) is 137 cm³/mol. The van der Waals surface area contributed by atoms with E-state index in [1.807, 2.05) is 41.3 Å². The minimum atomic E-state index is -4.44. The highest BCUT2D eigenvalue weighted by molar-refractivity contribution is 7.98. The summed E-state index contributed by atoms with van der Waals surface area (Å²) in [5.74, 6) is 0.984. The molecule has 2 aromatic carbocycles. The van der Waals surface area contributed by atoms with E-state index in [1.165, 1.54) is 17.8 Å². The number of halogens is 3. The number of H-pyrrole nitrogens is 1. The summed E-state index contributed by atoms with van der Waals surface area (Å²) in [7, 11) is 0. The summed E-state index contributed by atoms with van der Waals surface area (Å²) < 4.78 is 41.1. The van der Waals surface area contributed by atoms with Gasteiger partial charge in [-0.2, -0.15) is 23.4 Å². The van der Waals surface area contributed by atoms with Crippen LogP contribution in [0.3, 0.4) is 0 Å². The number of nitrogens with one attached hydrogen (secondary N) is 1. The van der Waals surface area contributed by atoms with Gasteiger partial charge < -0.3 is 9.88 Å². The highest BCUT2D eigenvalue weighted by Gasteiger charge is 2.31. The Hall–Kier alpha value is -4.19. The third-order valence-electron chi connectivity index (χ3n) is 6.32. The lowest BCUT2D eigenvalue weighted by Crippen LogP contribution is -2.38. The first-order chi connectivity index (χ1) is 18.4. The van der Waals surface area contributed by atoms with Gasteiger partial charge in [-0.3, -0.25) is 9.36 Å². The number of nitrogens with zero attached hydrogens (tertiary/aromatic N) is 6. The summed E-state index contributed by atoms with van der Waals surface area (Å²) in [5, 5.41) is 8.30. The molecule has 38 heavy (non-hydrogen) atoms. The van der Waals surface area contributed by atoms with Crippen molar-refractivity contribution in [2.75, 3.05) is 11.4 Å². The molecule has 12 heteroatoms. The Kier molecular flexibility index (Phi) is 6.10. The number of para-hydroxylation sites is 1. The van der Waals surface area contributed by atoms with Gasteiger partial charge in [0.1, 0.15) is 0 Å².